The Bertz CT molecular complexity index is 242. The number of carbonyl (C=O) groups is 2. The number of ether oxygens (including phenoxy) is 1. The number of nitrogens with one attached hydrogen (secondary N) is 2. The summed E-state index contributed by atoms with van der Waals surface area (Å²) in [6.07, 6.45) is 1.03. The van der Waals surface area contributed by atoms with Crippen LogP contribution in [0.2, 0.25) is 0 Å². The fourth-order valence-corrected chi connectivity index (χ4v) is 1.40. The van der Waals surface area contributed by atoms with E-state index in [-0.39, 0.29) is 11.8 Å². The van der Waals surface area contributed by atoms with Crippen LogP contribution in [-0.2, 0) is 14.3 Å². The average molecular weight is 244 g/mol. The number of amides is 2. The number of hydrogen-bond donors (Lipinski definition) is 2. The molecule has 2 amide bonds. The van der Waals surface area contributed by atoms with Crippen molar-refractivity contribution in [2.75, 3.05) is 20.3 Å². The van der Waals surface area contributed by atoms with E-state index in [1.165, 1.54) is 0 Å². The van der Waals surface area contributed by atoms with Crippen molar-refractivity contribution in [3.63, 3.8) is 0 Å². The second kappa shape index (κ2) is 8.98. The summed E-state index contributed by atoms with van der Waals surface area (Å²) < 4.78 is 4.85. The summed E-state index contributed by atoms with van der Waals surface area (Å²) in [4.78, 5) is 23.1. The Labute approximate surface area is 103 Å². The van der Waals surface area contributed by atoms with Gasteiger partial charge in [0.1, 0.15) is 6.04 Å². The number of rotatable bonds is 8. The maximum Gasteiger partial charge on any atom is 0.242 e. The third-order valence-corrected chi connectivity index (χ3v) is 2.29. The van der Waals surface area contributed by atoms with Gasteiger partial charge >= 0.3 is 0 Å². The zero-order chi connectivity index (χ0) is 13.3. The summed E-state index contributed by atoms with van der Waals surface area (Å²) in [7, 11) is 1.58. The molecule has 0 bridgehead atoms. The zero-order valence-electron chi connectivity index (χ0n) is 11.2. The molecule has 100 valence electrons. The van der Waals surface area contributed by atoms with Crippen molar-refractivity contribution < 1.29 is 14.3 Å². The maximum atomic E-state index is 11.8. The summed E-state index contributed by atoms with van der Waals surface area (Å²) >= 11 is 0. The van der Waals surface area contributed by atoms with Crippen LogP contribution < -0.4 is 10.6 Å². The normalized spacial score (nSPS) is 12.3. The Kier molecular flexibility index (Phi) is 8.40. The van der Waals surface area contributed by atoms with Crippen LogP contribution in [0.25, 0.3) is 0 Å². The highest BCUT2D eigenvalue weighted by atomic mass is 16.5. The van der Waals surface area contributed by atoms with Gasteiger partial charge in [-0.25, -0.2) is 0 Å². The van der Waals surface area contributed by atoms with E-state index in [1.54, 1.807) is 14.0 Å². The van der Waals surface area contributed by atoms with Gasteiger partial charge in [0.25, 0.3) is 0 Å². The molecule has 0 rings (SSSR count). The van der Waals surface area contributed by atoms with E-state index < -0.39 is 6.04 Å². The molecule has 1 atom stereocenters. The van der Waals surface area contributed by atoms with Crippen LogP contribution >= 0.6 is 0 Å². The van der Waals surface area contributed by atoms with Crippen LogP contribution in [-0.4, -0.2) is 38.1 Å². The van der Waals surface area contributed by atoms with E-state index in [9.17, 15) is 9.59 Å². The van der Waals surface area contributed by atoms with Gasteiger partial charge in [0.2, 0.25) is 11.8 Å². The second-order valence-corrected chi connectivity index (χ2v) is 4.39. The molecule has 0 aromatic carbocycles. The fourth-order valence-electron chi connectivity index (χ4n) is 1.40. The molecule has 2 N–H and O–H groups in total. The number of hydrogen-bond acceptors (Lipinski definition) is 3. The number of methoxy groups -OCH3 is 1. The summed E-state index contributed by atoms with van der Waals surface area (Å²) in [5.41, 5.74) is 0. The summed E-state index contributed by atoms with van der Waals surface area (Å²) in [5.74, 6) is 0.112. The van der Waals surface area contributed by atoms with Crippen molar-refractivity contribution in [1.82, 2.24) is 10.6 Å². The van der Waals surface area contributed by atoms with Crippen LogP contribution in [0.4, 0.5) is 0 Å². The Morgan fingerprint density at radius 1 is 1.29 bits per heavy atom. The lowest BCUT2D eigenvalue weighted by Crippen LogP contribution is -2.47. The Balaban J connectivity index is 4.24. The minimum absolute atomic E-state index is 0.0995. The first-order chi connectivity index (χ1) is 8.01. The van der Waals surface area contributed by atoms with Gasteiger partial charge in [-0.15, -0.1) is 0 Å². The predicted molar refractivity (Wildman–Crippen MR) is 66.6 cm³/mol. The van der Waals surface area contributed by atoms with Gasteiger partial charge in [-0.2, -0.15) is 0 Å². The minimum atomic E-state index is -0.445. The molecule has 0 aliphatic carbocycles. The standard InChI is InChI=1S/C12H24N2O3/c1-5-11(15)14-10(8-9(2)3)12(16)13-6-7-17-4/h9-10H,5-8H2,1-4H3,(H,13,16)(H,14,15)/t10-/m0/s1. The van der Waals surface area contributed by atoms with E-state index in [0.29, 0.717) is 31.9 Å². The largest absolute Gasteiger partial charge is 0.383 e. The van der Waals surface area contributed by atoms with Crippen molar-refractivity contribution in [1.29, 1.82) is 0 Å². The smallest absolute Gasteiger partial charge is 0.242 e. The van der Waals surface area contributed by atoms with Gasteiger partial charge in [0, 0.05) is 20.1 Å². The van der Waals surface area contributed by atoms with E-state index >= 15 is 0 Å². The molecule has 0 fully saturated rings. The second-order valence-electron chi connectivity index (χ2n) is 4.39. The average Bonchev–Trinajstić information content (AvgIpc) is 2.27. The van der Waals surface area contributed by atoms with Crippen molar-refractivity contribution >= 4 is 11.8 Å². The van der Waals surface area contributed by atoms with Crippen molar-refractivity contribution in [2.24, 2.45) is 5.92 Å². The molecule has 0 saturated heterocycles. The predicted octanol–water partition coefficient (Wildman–Crippen LogP) is 0.690. The van der Waals surface area contributed by atoms with Crippen LogP contribution in [0.5, 0.6) is 0 Å². The Morgan fingerprint density at radius 2 is 1.94 bits per heavy atom. The molecule has 0 aliphatic heterocycles. The van der Waals surface area contributed by atoms with E-state index in [0.717, 1.165) is 0 Å². The zero-order valence-corrected chi connectivity index (χ0v) is 11.2. The van der Waals surface area contributed by atoms with E-state index in [1.807, 2.05) is 13.8 Å². The lowest BCUT2D eigenvalue weighted by molar-refractivity contribution is -0.129. The first kappa shape index (κ1) is 15.9. The molecule has 0 unspecified atom stereocenters. The highest BCUT2D eigenvalue weighted by Gasteiger charge is 2.20. The topological polar surface area (TPSA) is 67.4 Å². The summed E-state index contributed by atoms with van der Waals surface area (Å²) in [6, 6.07) is -0.445. The molecule has 0 aliphatic rings. The van der Waals surface area contributed by atoms with Gasteiger partial charge in [0.15, 0.2) is 0 Å². The molecular formula is C12H24N2O3. The monoisotopic (exact) mass is 244 g/mol. The minimum Gasteiger partial charge on any atom is -0.383 e. The molecule has 0 spiro atoms. The first-order valence-electron chi connectivity index (χ1n) is 6.07. The quantitative estimate of drug-likeness (QED) is 0.617. The molecule has 5 heteroatoms. The molecule has 0 radical (unpaired) electrons. The summed E-state index contributed by atoms with van der Waals surface area (Å²) in [5, 5.41) is 5.47. The highest BCUT2D eigenvalue weighted by molar-refractivity contribution is 5.87. The van der Waals surface area contributed by atoms with Crippen molar-refractivity contribution in [3.05, 3.63) is 0 Å². The van der Waals surface area contributed by atoms with E-state index in [2.05, 4.69) is 10.6 Å². The molecule has 17 heavy (non-hydrogen) atoms. The SMILES string of the molecule is CCC(=O)N[C@@H](CC(C)C)C(=O)NCCOC. The third kappa shape index (κ3) is 7.74. The lowest BCUT2D eigenvalue weighted by atomic mass is 10.0. The molecule has 0 aromatic rings. The fraction of sp³-hybridized carbons (Fsp3) is 0.833. The maximum absolute atomic E-state index is 11.8. The lowest BCUT2D eigenvalue weighted by Gasteiger charge is -2.19. The van der Waals surface area contributed by atoms with E-state index in [4.69, 9.17) is 4.74 Å². The van der Waals surface area contributed by atoms with Crippen LogP contribution in [0.1, 0.15) is 33.6 Å². The molecular weight excluding hydrogens is 220 g/mol. The van der Waals surface area contributed by atoms with Gasteiger partial charge in [-0.3, -0.25) is 9.59 Å². The molecule has 0 aromatic heterocycles. The van der Waals surface area contributed by atoms with Crippen molar-refractivity contribution in [3.8, 4) is 0 Å². The Hall–Kier alpha value is -1.10. The van der Waals surface area contributed by atoms with Crippen LogP contribution in [0, 0.1) is 5.92 Å². The Morgan fingerprint density at radius 3 is 2.41 bits per heavy atom. The number of carbonyl (C=O) groups excluding carboxylic acids is 2. The molecule has 5 nitrogen and oxygen atoms in total. The third-order valence-electron chi connectivity index (χ3n) is 2.29. The summed E-state index contributed by atoms with van der Waals surface area (Å²) in [6.45, 7) is 6.75. The van der Waals surface area contributed by atoms with Gasteiger partial charge in [-0.05, 0) is 12.3 Å². The molecule has 0 saturated carbocycles. The van der Waals surface area contributed by atoms with Gasteiger partial charge < -0.3 is 15.4 Å². The van der Waals surface area contributed by atoms with Gasteiger partial charge in [0.05, 0.1) is 6.61 Å². The van der Waals surface area contributed by atoms with Gasteiger partial charge in [-0.1, -0.05) is 20.8 Å². The van der Waals surface area contributed by atoms with Crippen LogP contribution in [0.3, 0.4) is 0 Å². The molecule has 0 heterocycles. The highest BCUT2D eigenvalue weighted by Crippen LogP contribution is 2.05. The van der Waals surface area contributed by atoms with Crippen LogP contribution in [0.15, 0.2) is 0 Å². The van der Waals surface area contributed by atoms with Crippen molar-refractivity contribution in [2.45, 2.75) is 39.7 Å². The first-order valence-corrected chi connectivity index (χ1v) is 6.07.